The second-order valence-electron chi connectivity index (χ2n) is 5.19. The van der Waals surface area contributed by atoms with Crippen molar-refractivity contribution in [3.63, 3.8) is 0 Å². The summed E-state index contributed by atoms with van der Waals surface area (Å²) in [4.78, 5) is 26.2. The maximum Gasteiger partial charge on any atom is 0.265 e. The summed E-state index contributed by atoms with van der Waals surface area (Å²) in [5.74, 6) is 0.120. The van der Waals surface area contributed by atoms with Crippen molar-refractivity contribution >= 4 is 39.1 Å². The summed E-state index contributed by atoms with van der Waals surface area (Å²) in [6, 6.07) is 13.8. The van der Waals surface area contributed by atoms with Gasteiger partial charge in [-0.05, 0) is 43.3 Å². The van der Waals surface area contributed by atoms with Crippen LogP contribution in [0.15, 0.2) is 53.0 Å². The van der Waals surface area contributed by atoms with Crippen LogP contribution in [-0.2, 0) is 9.59 Å². The third-order valence-corrected chi connectivity index (χ3v) is 4.15. The van der Waals surface area contributed by atoms with Gasteiger partial charge in [-0.2, -0.15) is 0 Å². The molecule has 6 heteroatoms. The van der Waals surface area contributed by atoms with Crippen LogP contribution in [0.5, 0.6) is 5.75 Å². The number of hydrogen-bond donors (Lipinski definition) is 1. The first kappa shape index (κ1) is 15.6. The number of benzene rings is 2. The van der Waals surface area contributed by atoms with E-state index in [4.69, 9.17) is 4.74 Å². The van der Waals surface area contributed by atoms with Gasteiger partial charge in [0.15, 0.2) is 6.61 Å². The Morgan fingerprint density at radius 3 is 2.65 bits per heavy atom. The largest absolute Gasteiger partial charge is 0.482 e. The first-order valence-corrected chi connectivity index (χ1v) is 7.96. The monoisotopic (exact) mass is 374 g/mol. The number of rotatable bonds is 3. The molecule has 2 aromatic rings. The topological polar surface area (TPSA) is 58.6 Å². The summed E-state index contributed by atoms with van der Waals surface area (Å²) in [5.41, 5.74) is 1.29. The maximum atomic E-state index is 12.5. The number of carbonyl (C=O) groups excluding carboxylic acids is 2. The molecule has 0 spiro atoms. The zero-order chi connectivity index (χ0) is 16.4. The van der Waals surface area contributed by atoms with E-state index in [2.05, 4.69) is 21.2 Å². The Kier molecular flexibility index (Phi) is 4.34. The van der Waals surface area contributed by atoms with Crippen LogP contribution >= 0.6 is 15.9 Å². The molecule has 0 aliphatic carbocycles. The normalized spacial score (nSPS) is 14.7. The third-order valence-electron chi connectivity index (χ3n) is 3.62. The van der Waals surface area contributed by atoms with Crippen molar-refractivity contribution in [2.75, 3.05) is 16.8 Å². The summed E-state index contributed by atoms with van der Waals surface area (Å²) in [6.45, 7) is 1.64. The smallest absolute Gasteiger partial charge is 0.265 e. The number of halogens is 1. The molecule has 5 nitrogen and oxygen atoms in total. The number of carbonyl (C=O) groups is 2. The molecule has 0 fully saturated rings. The van der Waals surface area contributed by atoms with E-state index in [1.165, 1.54) is 4.90 Å². The van der Waals surface area contributed by atoms with E-state index >= 15 is 0 Å². The van der Waals surface area contributed by atoms with Crippen molar-refractivity contribution in [3.8, 4) is 5.75 Å². The lowest BCUT2D eigenvalue weighted by Crippen LogP contribution is -2.49. The second-order valence-corrected chi connectivity index (χ2v) is 6.11. The van der Waals surface area contributed by atoms with Gasteiger partial charge in [0.05, 0.1) is 5.69 Å². The van der Waals surface area contributed by atoms with E-state index in [0.29, 0.717) is 17.1 Å². The molecule has 1 N–H and O–H groups in total. The van der Waals surface area contributed by atoms with Gasteiger partial charge in [0.25, 0.3) is 5.91 Å². The standard InChI is InChI=1S/C17H15BrN2O3/c1-11(17(22)19-13-8-6-12(18)7-9-13)20-14-4-2-3-5-15(14)23-10-16(20)21/h2-9,11H,10H2,1H3,(H,19,22). The molecule has 2 aromatic carbocycles. The molecule has 0 saturated carbocycles. The molecular weight excluding hydrogens is 360 g/mol. The van der Waals surface area contributed by atoms with E-state index < -0.39 is 6.04 Å². The average Bonchev–Trinajstić information content (AvgIpc) is 2.56. The molecule has 2 amide bonds. The zero-order valence-electron chi connectivity index (χ0n) is 12.5. The lowest BCUT2D eigenvalue weighted by Gasteiger charge is -2.33. The Hall–Kier alpha value is -2.34. The van der Waals surface area contributed by atoms with E-state index in [1.807, 2.05) is 24.3 Å². The SMILES string of the molecule is CC(C(=O)Nc1ccc(Br)cc1)N1C(=O)COc2ccccc21. The van der Waals surface area contributed by atoms with E-state index in [9.17, 15) is 9.59 Å². The van der Waals surface area contributed by atoms with Crippen LogP contribution in [0.1, 0.15) is 6.92 Å². The predicted molar refractivity (Wildman–Crippen MR) is 91.7 cm³/mol. The van der Waals surface area contributed by atoms with Crippen LogP contribution < -0.4 is 15.0 Å². The summed E-state index contributed by atoms with van der Waals surface area (Å²) in [6.07, 6.45) is 0. The van der Waals surface area contributed by atoms with Crippen LogP contribution in [0.2, 0.25) is 0 Å². The Bertz CT molecular complexity index is 746. The van der Waals surface area contributed by atoms with E-state index in [-0.39, 0.29) is 18.4 Å². The fourth-order valence-electron chi connectivity index (χ4n) is 2.44. The minimum Gasteiger partial charge on any atom is -0.482 e. The average molecular weight is 375 g/mol. The van der Waals surface area contributed by atoms with Gasteiger partial charge in [0.1, 0.15) is 11.8 Å². The fraction of sp³-hybridized carbons (Fsp3) is 0.176. The number of para-hydroxylation sites is 2. The Balaban J connectivity index is 1.81. The van der Waals surface area contributed by atoms with Crippen molar-refractivity contribution in [2.45, 2.75) is 13.0 Å². The second kappa shape index (κ2) is 6.42. The zero-order valence-corrected chi connectivity index (χ0v) is 14.0. The van der Waals surface area contributed by atoms with Gasteiger partial charge in [0.2, 0.25) is 5.91 Å². The number of amides is 2. The van der Waals surface area contributed by atoms with Crippen molar-refractivity contribution < 1.29 is 14.3 Å². The minimum absolute atomic E-state index is 0.0626. The molecule has 1 aliphatic rings. The Morgan fingerprint density at radius 2 is 1.91 bits per heavy atom. The van der Waals surface area contributed by atoms with Crippen LogP contribution in [0, 0.1) is 0 Å². The number of fused-ring (bicyclic) bond motifs is 1. The van der Waals surface area contributed by atoms with Gasteiger partial charge in [-0.1, -0.05) is 28.1 Å². The van der Waals surface area contributed by atoms with Gasteiger partial charge in [0, 0.05) is 10.2 Å². The maximum absolute atomic E-state index is 12.5. The highest BCUT2D eigenvalue weighted by molar-refractivity contribution is 9.10. The predicted octanol–water partition coefficient (Wildman–Crippen LogP) is 3.20. The summed E-state index contributed by atoms with van der Waals surface area (Å²) < 4.78 is 6.33. The number of nitrogens with one attached hydrogen (secondary N) is 1. The van der Waals surface area contributed by atoms with Crippen molar-refractivity contribution in [2.24, 2.45) is 0 Å². The van der Waals surface area contributed by atoms with Gasteiger partial charge < -0.3 is 10.1 Å². The minimum atomic E-state index is -0.642. The number of anilines is 2. The molecule has 0 radical (unpaired) electrons. The van der Waals surface area contributed by atoms with Crippen LogP contribution in [-0.4, -0.2) is 24.5 Å². The van der Waals surface area contributed by atoms with Crippen molar-refractivity contribution in [1.82, 2.24) is 0 Å². The molecule has 3 rings (SSSR count). The van der Waals surface area contributed by atoms with Gasteiger partial charge >= 0.3 is 0 Å². The van der Waals surface area contributed by atoms with Crippen molar-refractivity contribution in [1.29, 1.82) is 0 Å². The molecule has 0 saturated heterocycles. The van der Waals surface area contributed by atoms with Gasteiger partial charge in [-0.3, -0.25) is 14.5 Å². The molecule has 118 valence electrons. The molecule has 1 atom stereocenters. The van der Waals surface area contributed by atoms with Crippen molar-refractivity contribution in [3.05, 3.63) is 53.0 Å². The first-order valence-electron chi connectivity index (χ1n) is 7.16. The number of nitrogens with zero attached hydrogens (tertiary/aromatic N) is 1. The molecule has 1 heterocycles. The molecule has 23 heavy (non-hydrogen) atoms. The van der Waals surface area contributed by atoms with E-state index in [0.717, 1.165) is 4.47 Å². The van der Waals surface area contributed by atoms with Crippen LogP contribution in [0.3, 0.4) is 0 Å². The van der Waals surface area contributed by atoms with Crippen LogP contribution in [0.4, 0.5) is 11.4 Å². The first-order chi connectivity index (χ1) is 11.1. The quantitative estimate of drug-likeness (QED) is 0.897. The molecule has 1 aliphatic heterocycles. The molecule has 0 bridgehead atoms. The molecule has 0 aromatic heterocycles. The highest BCUT2D eigenvalue weighted by Gasteiger charge is 2.32. The third kappa shape index (κ3) is 3.22. The Labute approximate surface area is 142 Å². The van der Waals surface area contributed by atoms with E-state index in [1.54, 1.807) is 31.2 Å². The highest BCUT2D eigenvalue weighted by atomic mass is 79.9. The van der Waals surface area contributed by atoms with Crippen LogP contribution in [0.25, 0.3) is 0 Å². The number of hydrogen-bond acceptors (Lipinski definition) is 3. The van der Waals surface area contributed by atoms with Gasteiger partial charge in [-0.25, -0.2) is 0 Å². The Morgan fingerprint density at radius 1 is 1.22 bits per heavy atom. The highest BCUT2D eigenvalue weighted by Crippen LogP contribution is 2.33. The lowest BCUT2D eigenvalue weighted by molar-refractivity contribution is -0.125. The lowest BCUT2D eigenvalue weighted by atomic mass is 10.1. The fourth-order valence-corrected chi connectivity index (χ4v) is 2.71. The molecule has 1 unspecified atom stereocenters. The molecular formula is C17H15BrN2O3. The summed E-state index contributed by atoms with van der Waals surface area (Å²) >= 11 is 3.35. The number of ether oxygens (including phenoxy) is 1. The summed E-state index contributed by atoms with van der Waals surface area (Å²) in [7, 11) is 0. The summed E-state index contributed by atoms with van der Waals surface area (Å²) in [5, 5.41) is 2.82. The van der Waals surface area contributed by atoms with Gasteiger partial charge in [-0.15, -0.1) is 0 Å².